The lowest BCUT2D eigenvalue weighted by molar-refractivity contribution is -0.0526. The highest BCUT2D eigenvalue weighted by molar-refractivity contribution is 5.99. The Bertz CT molecular complexity index is 519. The smallest absolute Gasteiger partial charge is 0.173 e. The Morgan fingerprint density at radius 1 is 1.52 bits per heavy atom. The van der Waals surface area contributed by atoms with Gasteiger partial charge in [0, 0.05) is 19.1 Å². The van der Waals surface area contributed by atoms with Gasteiger partial charge in [-0.1, -0.05) is 11.2 Å². The highest BCUT2D eigenvalue weighted by Gasteiger charge is 2.23. The average Bonchev–Trinajstić information content (AvgIpc) is 2.50. The molecule has 2 unspecified atom stereocenters. The van der Waals surface area contributed by atoms with Crippen LogP contribution in [0.1, 0.15) is 25.0 Å². The highest BCUT2D eigenvalue weighted by Crippen LogP contribution is 2.22. The van der Waals surface area contributed by atoms with Crippen molar-refractivity contribution in [2.45, 2.75) is 32.5 Å². The van der Waals surface area contributed by atoms with Gasteiger partial charge >= 0.3 is 0 Å². The average molecular weight is 293 g/mol. The van der Waals surface area contributed by atoms with Crippen LogP contribution in [0.3, 0.4) is 0 Å². The van der Waals surface area contributed by atoms with Gasteiger partial charge in [0.2, 0.25) is 0 Å². The molecular weight excluding hydrogens is 270 g/mol. The fourth-order valence-electron chi connectivity index (χ4n) is 2.53. The van der Waals surface area contributed by atoms with Gasteiger partial charge in [0.1, 0.15) is 5.75 Å². The van der Waals surface area contributed by atoms with Crippen molar-refractivity contribution in [3.63, 3.8) is 0 Å². The van der Waals surface area contributed by atoms with Crippen molar-refractivity contribution in [1.82, 2.24) is 4.90 Å². The molecule has 0 spiro atoms. The van der Waals surface area contributed by atoms with Crippen molar-refractivity contribution in [3.8, 4) is 5.75 Å². The molecule has 1 aliphatic rings. The van der Waals surface area contributed by atoms with Crippen LogP contribution in [0.2, 0.25) is 0 Å². The molecule has 116 valence electrons. The number of nitrogens with zero attached hydrogens (tertiary/aromatic N) is 2. The number of oxime groups is 1. The van der Waals surface area contributed by atoms with E-state index in [2.05, 4.69) is 23.9 Å². The zero-order valence-corrected chi connectivity index (χ0v) is 12.7. The molecule has 1 aliphatic heterocycles. The fourth-order valence-corrected chi connectivity index (χ4v) is 2.53. The van der Waals surface area contributed by atoms with E-state index < -0.39 is 0 Å². The van der Waals surface area contributed by atoms with Gasteiger partial charge in [-0.15, -0.1) is 0 Å². The number of hydrogen-bond acceptors (Lipinski definition) is 5. The number of morpholine rings is 1. The second-order valence-corrected chi connectivity index (χ2v) is 5.44. The Balaban J connectivity index is 2.20. The molecule has 1 fully saturated rings. The molecular formula is C15H23N3O3. The van der Waals surface area contributed by atoms with Crippen molar-refractivity contribution >= 4 is 5.84 Å². The number of methoxy groups -OCH3 is 1. The predicted molar refractivity (Wildman–Crippen MR) is 80.8 cm³/mol. The summed E-state index contributed by atoms with van der Waals surface area (Å²) in [7, 11) is 1.56. The van der Waals surface area contributed by atoms with Gasteiger partial charge in [-0.2, -0.15) is 0 Å². The molecule has 1 heterocycles. The molecule has 2 atom stereocenters. The zero-order chi connectivity index (χ0) is 15.4. The summed E-state index contributed by atoms with van der Waals surface area (Å²) in [6, 6.07) is 6.12. The van der Waals surface area contributed by atoms with Crippen LogP contribution >= 0.6 is 0 Å². The summed E-state index contributed by atoms with van der Waals surface area (Å²) in [4.78, 5) is 2.37. The first-order valence-electron chi connectivity index (χ1n) is 7.05. The van der Waals surface area contributed by atoms with E-state index in [1.54, 1.807) is 7.11 Å². The lowest BCUT2D eigenvalue weighted by Gasteiger charge is -2.36. The topological polar surface area (TPSA) is 80.3 Å². The van der Waals surface area contributed by atoms with E-state index in [1.807, 2.05) is 18.2 Å². The summed E-state index contributed by atoms with van der Waals surface area (Å²) in [6.07, 6.45) is 0.239. The Morgan fingerprint density at radius 3 is 2.95 bits per heavy atom. The molecule has 0 saturated carbocycles. The van der Waals surface area contributed by atoms with E-state index in [0.29, 0.717) is 17.4 Å². The summed E-state index contributed by atoms with van der Waals surface area (Å²) < 4.78 is 10.9. The van der Waals surface area contributed by atoms with Gasteiger partial charge in [0.05, 0.1) is 25.4 Å². The van der Waals surface area contributed by atoms with Gasteiger partial charge in [-0.05, 0) is 31.5 Å². The summed E-state index contributed by atoms with van der Waals surface area (Å²) in [5, 5.41) is 11.9. The zero-order valence-electron chi connectivity index (χ0n) is 12.7. The second kappa shape index (κ2) is 6.78. The Hall–Kier alpha value is -1.79. The minimum atomic E-state index is 0.0529. The van der Waals surface area contributed by atoms with Crippen LogP contribution in [0.25, 0.3) is 0 Å². The van der Waals surface area contributed by atoms with Crippen molar-refractivity contribution in [2.24, 2.45) is 10.9 Å². The van der Waals surface area contributed by atoms with E-state index >= 15 is 0 Å². The summed E-state index contributed by atoms with van der Waals surface area (Å²) in [5.41, 5.74) is 7.41. The minimum Gasteiger partial charge on any atom is -0.496 e. The van der Waals surface area contributed by atoms with Crippen molar-refractivity contribution in [1.29, 1.82) is 0 Å². The van der Waals surface area contributed by atoms with Crippen molar-refractivity contribution in [2.75, 3.05) is 20.3 Å². The molecule has 0 radical (unpaired) electrons. The monoisotopic (exact) mass is 293 g/mol. The molecule has 3 N–H and O–H groups in total. The normalized spacial score (nSPS) is 24.0. The van der Waals surface area contributed by atoms with Crippen LogP contribution in [0.4, 0.5) is 0 Å². The number of rotatable bonds is 4. The van der Waals surface area contributed by atoms with E-state index in [9.17, 15) is 0 Å². The van der Waals surface area contributed by atoms with Crippen molar-refractivity contribution < 1.29 is 14.7 Å². The van der Waals surface area contributed by atoms with Crippen LogP contribution in [0.15, 0.2) is 23.4 Å². The molecule has 0 amide bonds. The minimum absolute atomic E-state index is 0.0529. The first-order chi connectivity index (χ1) is 10.0. The Kier molecular flexibility index (Phi) is 5.03. The molecule has 0 aromatic heterocycles. The van der Waals surface area contributed by atoms with E-state index in [1.165, 1.54) is 0 Å². The first kappa shape index (κ1) is 15.6. The molecule has 0 bridgehead atoms. The maximum atomic E-state index is 8.88. The number of benzene rings is 1. The van der Waals surface area contributed by atoms with Gasteiger partial charge in [-0.25, -0.2) is 0 Å². The van der Waals surface area contributed by atoms with E-state index in [0.717, 1.165) is 25.3 Å². The molecule has 2 rings (SSSR count). The number of nitrogens with two attached hydrogens (primary N) is 1. The van der Waals surface area contributed by atoms with Crippen LogP contribution in [-0.2, 0) is 11.3 Å². The molecule has 6 nitrogen and oxygen atoms in total. The van der Waals surface area contributed by atoms with Gasteiger partial charge < -0.3 is 20.4 Å². The fraction of sp³-hybridized carbons (Fsp3) is 0.533. The number of hydrogen-bond donors (Lipinski definition) is 2. The van der Waals surface area contributed by atoms with Gasteiger partial charge in [-0.3, -0.25) is 4.90 Å². The Morgan fingerprint density at radius 2 is 2.29 bits per heavy atom. The molecule has 1 aromatic carbocycles. The third kappa shape index (κ3) is 3.65. The SMILES string of the molecule is COc1ccc(CN2CC(C)OCC2C)cc1C(N)=NO. The summed E-state index contributed by atoms with van der Waals surface area (Å²) >= 11 is 0. The standard InChI is InChI=1S/C15H23N3O3/c1-10-9-21-11(2)7-18(10)8-12-4-5-14(20-3)13(6-12)15(16)17-19/h4-6,10-11,19H,7-9H2,1-3H3,(H2,16,17). The van der Waals surface area contributed by atoms with Crippen molar-refractivity contribution in [3.05, 3.63) is 29.3 Å². The van der Waals surface area contributed by atoms with Gasteiger partial charge in [0.15, 0.2) is 5.84 Å². The molecule has 21 heavy (non-hydrogen) atoms. The largest absolute Gasteiger partial charge is 0.496 e. The van der Waals surface area contributed by atoms with Crippen LogP contribution < -0.4 is 10.5 Å². The molecule has 1 aromatic rings. The second-order valence-electron chi connectivity index (χ2n) is 5.44. The van der Waals surface area contributed by atoms with Crippen LogP contribution in [0.5, 0.6) is 5.75 Å². The summed E-state index contributed by atoms with van der Waals surface area (Å²) in [6.45, 7) is 6.66. The maximum Gasteiger partial charge on any atom is 0.173 e. The third-order valence-electron chi connectivity index (χ3n) is 3.77. The van der Waals surface area contributed by atoms with E-state index in [-0.39, 0.29) is 11.9 Å². The van der Waals surface area contributed by atoms with Crippen LogP contribution in [-0.4, -0.2) is 48.4 Å². The van der Waals surface area contributed by atoms with Gasteiger partial charge in [0.25, 0.3) is 0 Å². The van der Waals surface area contributed by atoms with Crippen LogP contribution in [0, 0.1) is 0 Å². The number of ether oxygens (including phenoxy) is 2. The first-order valence-corrected chi connectivity index (χ1v) is 7.05. The predicted octanol–water partition coefficient (Wildman–Crippen LogP) is 1.40. The third-order valence-corrected chi connectivity index (χ3v) is 3.77. The quantitative estimate of drug-likeness (QED) is 0.379. The lowest BCUT2D eigenvalue weighted by atomic mass is 10.1. The Labute approximate surface area is 125 Å². The molecule has 1 saturated heterocycles. The molecule has 6 heteroatoms. The molecule has 0 aliphatic carbocycles. The summed E-state index contributed by atoms with van der Waals surface area (Å²) in [5.74, 6) is 0.648. The maximum absolute atomic E-state index is 8.88. The van der Waals surface area contributed by atoms with E-state index in [4.69, 9.17) is 20.4 Å². The lowest BCUT2D eigenvalue weighted by Crippen LogP contribution is -2.46. The highest BCUT2D eigenvalue weighted by atomic mass is 16.5. The number of amidine groups is 1.